The molecule has 1 aromatic heterocycles. The zero-order valence-corrected chi connectivity index (χ0v) is 14.3. The molecule has 3 rings (SSSR count). The molecule has 3 aromatic rings. The highest BCUT2D eigenvalue weighted by molar-refractivity contribution is 7.13. The standard InChI is InChI=1S/C18H14N4O3S/c19-18-21-16(11-26-18)13-2-1-3-14(10-13)20-17(23)9-6-12-4-7-15(8-5-12)22(24)25/h1-11H,(H2,19,21)(H,20,23)/b9-6+. The van der Waals surface area contributed by atoms with Crippen molar-refractivity contribution < 1.29 is 9.72 Å². The Balaban J connectivity index is 1.67. The first kappa shape index (κ1) is 17.3. The van der Waals surface area contributed by atoms with Crippen molar-refractivity contribution in [2.75, 3.05) is 11.1 Å². The number of nitro groups is 1. The number of hydrogen-bond acceptors (Lipinski definition) is 6. The lowest BCUT2D eigenvalue weighted by molar-refractivity contribution is -0.384. The highest BCUT2D eigenvalue weighted by Crippen LogP contribution is 2.25. The van der Waals surface area contributed by atoms with Crippen molar-refractivity contribution in [1.82, 2.24) is 4.98 Å². The number of carbonyl (C=O) groups excluding carboxylic acids is 1. The Bertz CT molecular complexity index is 980. The molecule has 130 valence electrons. The van der Waals surface area contributed by atoms with Crippen molar-refractivity contribution in [2.45, 2.75) is 0 Å². The van der Waals surface area contributed by atoms with Crippen LogP contribution in [0.5, 0.6) is 0 Å². The predicted molar refractivity (Wildman–Crippen MR) is 103 cm³/mol. The smallest absolute Gasteiger partial charge is 0.269 e. The quantitative estimate of drug-likeness (QED) is 0.403. The number of benzene rings is 2. The van der Waals surface area contributed by atoms with Gasteiger partial charge in [-0.15, -0.1) is 11.3 Å². The molecule has 0 aliphatic rings. The number of nitro benzene ring substituents is 1. The Morgan fingerprint density at radius 3 is 2.65 bits per heavy atom. The lowest BCUT2D eigenvalue weighted by Gasteiger charge is -2.04. The van der Waals surface area contributed by atoms with Crippen molar-refractivity contribution in [3.05, 3.63) is 75.7 Å². The van der Waals surface area contributed by atoms with Crippen LogP contribution in [0.25, 0.3) is 17.3 Å². The fourth-order valence-corrected chi connectivity index (χ4v) is 2.81. The van der Waals surface area contributed by atoms with Gasteiger partial charge < -0.3 is 11.1 Å². The van der Waals surface area contributed by atoms with Gasteiger partial charge in [0.15, 0.2) is 5.13 Å². The Morgan fingerprint density at radius 1 is 1.23 bits per heavy atom. The van der Waals surface area contributed by atoms with Crippen LogP contribution in [-0.2, 0) is 4.79 Å². The summed E-state index contributed by atoms with van der Waals surface area (Å²) in [7, 11) is 0. The number of nitrogens with two attached hydrogens (primary N) is 1. The third-order valence-corrected chi connectivity index (χ3v) is 4.15. The molecular weight excluding hydrogens is 352 g/mol. The summed E-state index contributed by atoms with van der Waals surface area (Å²) >= 11 is 1.35. The molecule has 0 bridgehead atoms. The van der Waals surface area contributed by atoms with Crippen LogP contribution in [0.1, 0.15) is 5.56 Å². The summed E-state index contributed by atoms with van der Waals surface area (Å²) in [5, 5.41) is 15.7. The number of nitrogens with one attached hydrogen (secondary N) is 1. The fraction of sp³-hybridized carbons (Fsp3) is 0. The SMILES string of the molecule is Nc1nc(-c2cccc(NC(=O)/C=C/c3ccc([N+](=O)[O-])cc3)c2)cs1. The van der Waals surface area contributed by atoms with Gasteiger partial charge in [0.05, 0.1) is 10.6 Å². The number of non-ortho nitro benzene ring substituents is 1. The first-order chi connectivity index (χ1) is 12.5. The Labute approximate surface area is 153 Å². The number of thiazole rings is 1. The molecule has 0 radical (unpaired) electrons. The van der Waals surface area contributed by atoms with Crippen molar-refractivity contribution >= 4 is 39.8 Å². The Kier molecular flexibility index (Phi) is 5.04. The molecule has 3 N–H and O–H groups in total. The van der Waals surface area contributed by atoms with E-state index in [1.54, 1.807) is 24.3 Å². The molecule has 0 saturated heterocycles. The lowest BCUT2D eigenvalue weighted by atomic mass is 10.1. The third-order valence-electron chi connectivity index (χ3n) is 3.48. The van der Waals surface area contributed by atoms with Gasteiger partial charge in [-0.25, -0.2) is 4.98 Å². The van der Waals surface area contributed by atoms with Crippen LogP contribution in [0.3, 0.4) is 0 Å². The van der Waals surface area contributed by atoms with E-state index in [1.807, 2.05) is 23.6 Å². The monoisotopic (exact) mass is 366 g/mol. The zero-order valence-electron chi connectivity index (χ0n) is 13.5. The van der Waals surface area contributed by atoms with Crippen molar-refractivity contribution in [1.29, 1.82) is 0 Å². The van der Waals surface area contributed by atoms with Crippen LogP contribution in [0.2, 0.25) is 0 Å². The third kappa shape index (κ3) is 4.31. The number of hydrogen-bond donors (Lipinski definition) is 2. The number of nitrogen functional groups attached to an aromatic ring is 1. The molecule has 0 aliphatic heterocycles. The summed E-state index contributed by atoms with van der Waals surface area (Å²) in [6.07, 6.45) is 2.96. The topological polar surface area (TPSA) is 111 Å². The van der Waals surface area contributed by atoms with Gasteiger partial charge >= 0.3 is 0 Å². The van der Waals surface area contributed by atoms with E-state index in [9.17, 15) is 14.9 Å². The van der Waals surface area contributed by atoms with Gasteiger partial charge in [0.1, 0.15) is 0 Å². The van der Waals surface area contributed by atoms with Gasteiger partial charge in [0.2, 0.25) is 5.91 Å². The van der Waals surface area contributed by atoms with Crippen molar-refractivity contribution in [3.63, 3.8) is 0 Å². The molecule has 8 heteroatoms. The minimum Gasteiger partial charge on any atom is -0.375 e. The average molecular weight is 366 g/mol. The first-order valence-corrected chi connectivity index (χ1v) is 8.44. The normalized spacial score (nSPS) is 10.8. The second-order valence-corrected chi connectivity index (χ2v) is 6.21. The van der Waals surface area contributed by atoms with Crippen LogP contribution in [0.4, 0.5) is 16.5 Å². The zero-order chi connectivity index (χ0) is 18.5. The second-order valence-electron chi connectivity index (χ2n) is 5.32. The number of nitrogens with zero attached hydrogens (tertiary/aromatic N) is 2. The van der Waals surface area contributed by atoms with E-state index in [1.165, 1.54) is 29.5 Å². The summed E-state index contributed by atoms with van der Waals surface area (Å²) < 4.78 is 0. The predicted octanol–water partition coefficient (Wildman–Crippen LogP) is 3.95. The number of carbonyl (C=O) groups is 1. The van der Waals surface area contributed by atoms with Crippen LogP contribution in [0.15, 0.2) is 60.0 Å². The molecule has 2 aromatic carbocycles. The van der Waals surface area contributed by atoms with E-state index in [4.69, 9.17) is 5.73 Å². The summed E-state index contributed by atoms with van der Waals surface area (Å²) in [5.74, 6) is -0.307. The number of amides is 1. The highest BCUT2D eigenvalue weighted by Gasteiger charge is 2.05. The fourth-order valence-electron chi connectivity index (χ4n) is 2.24. The molecule has 0 spiro atoms. The minimum absolute atomic E-state index is 0.00564. The van der Waals surface area contributed by atoms with Crippen LogP contribution in [0, 0.1) is 10.1 Å². The highest BCUT2D eigenvalue weighted by atomic mass is 32.1. The number of anilines is 2. The molecular formula is C18H14N4O3S. The van der Waals surface area contributed by atoms with E-state index >= 15 is 0 Å². The maximum absolute atomic E-state index is 12.1. The van der Waals surface area contributed by atoms with Gasteiger partial charge in [-0.05, 0) is 35.9 Å². The summed E-state index contributed by atoms with van der Waals surface area (Å²) in [6, 6.07) is 13.2. The van der Waals surface area contributed by atoms with Crippen molar-refractivity contribution in [2.24, 2.45) is 0 Å². The van der Waals surface area contributed by atoms with Gasteiger partial charge in [-0.3, -0.25) is 14.9 Å². The maximum Gasteiger partial charge on any atom is 0.269 e. The molecule has 0 fully saturated rings. The Hall–Kier alpha value is -3.52. The van der Waals surface area contributed by atoms with E-state index in [0.29, 0.717) is 16.4 Å². The minimum atomic E-state index is -0.469. The Morgan fingerprint density at radius 2 is 2.00 bits per heavy atom. The summed E-state index contributed by atoms with van der Waals surface area (Å²) in [4.78, 5) is 26.4. The molecule has 0 atom stereocenters. The van der Waals surface area contributed by atoms with Crippen LogP contribution < -0.4 is 11.1 Å². The van der Waals surface area contributed by atoms with Gasteiger partial charge in [0.25, 0.3) is 5.69 Å². The summed E-state index contributed by atoms with van der Waals surface area (Å²) in [6.45, 7) is 0. The molecule has 0 aliphatic carbocycles. The first-order valence-electron chi connectivity index (χ1n) is 7.56. The van der Waals surface area contributed by atoms with Crippen LogP contribution >= 0.6 is 11.3 Å². The maximum atomic E-state index is 12.1. The van der Waals surface area contributed by atoms with E-state index in [-0.39, 0.29) is 11.6 Å². The molecule has 26 heavy (non-hydrogen) atoms. The molecule has 1 amide bonds. The average Bonchev–Trinajstić information content (AvgIpc) is 3.07. The molecule has 7 nitrogen and oxygen atoms in total. The summed E-state index contributed by atoms with van der Waals surface area (Å²) in [5.41, 5.74) is 8.59. The lowest BCUT2D eigenvalue weighted by Crippen LogP contribution is -2.07. The van der Waals surface area contributed by atoms with E-state index < -0.39 is 4.92 Å². The van der Waals surface area contributed by atoms with Gasteiger partial charge in [-0.2, -0.15) is 0 Å². The molecule has 0 saturated carbocycles. The van der Waals surface area contributed by atoms with E-state index in [2.05, 4.69) is 10.3 Å². The van der Waals surface area contributed by atoms with Crippen molar-refractivity contribution in [3.8, 4) is 11.3 Å². The molecule has 0 unspecified atom stereocenters. The van der Waals surface area contributed by atoms with Gasteiger partial charge in [-0.1, -0.05) is 12.1 Å². The number of aromatic nitrogens is 1. The molecule has 1 heterocycles. The largest absolute Gasteiger partial charge is 0.375 e. The second kappa shape index (κ2) is 7.58. The van der Waals surface area contributed by atoms with Gasteiger partial charge in [0, 0.05) is 34.8 Å². The van der Waals surface area contributed by atoms with Crippen LogP contribution in [-0.4, -0.2) is 15.8 Å². The van der Waals surface area contributed by atoms with E-state index in [0.717, 1.165) is 11.3 Å². The number of rotatable bonds is 5.